The highest BCUT2D eigenvalue weighted by molar-refractivity contribution is 5.98. The van der Waals surface area contributed by atoms with Crippen LogP contribution in [0.15, 0.2) is 54.7 Å². The Hall–Kier alpha value is -4.46. The van der Waals surface area contributed by atoms with Gasteiger partial charge in [-0.2, -0.15) is 0 Å². The average molecular weight is 569 g/mol. The molecule has 1 aliphatic carbocycles. The van der Waals surface area contributed by atoms with Gasteiger partial charge in [-0.25, -0.2) is 9.97 Å². The predicted octanol–water partition coefficient (Wildman–Crippen LogP) is 2.93. The summed E-state index contributed by atoms with van der Waals surface area (Å²) in [7, 11) is 5.89. The lowest BCUT2D eigenvalue weighted by atomic mass is 10.1. The standard InChI is InChI=1S/C24H26N6O.C6H12N2O.C2H2/c1-29-20-7-6-17(24(31)27-18-8-10-25-13-18)11-19(20)28-23(29)21-12-16-3-2-9-26-22(16)30(21)14-15-4-5-15;1-8(2)5-3-4-6(7)9;1-2/h2-3,6-7,9,11-12,15,18,25H,4-5,8,10,13-14H2,1H3,(H,27,31);3-4H,5H2,1-2H3,(H2,7,9);1-2H/b;4-3+;/t18-;;/m0../s1. The van der Waals surface area contributed by atoms with Crippen LogP contribution < -0.4 is 16.4 Å². The van der Waals surface area contributed by atoms with Gasteiger partial charge in [0.25, 0.3) is 5.91 Å². The second kappa shape index (κ2) is 13.9. The summed E-state index contributed by atoms with van der Waals surface area (Å²) < 4.78 is 4.43. The highest BCUT2D eigenvalue weighted by atomic mass is 16.2. The van der Waals surface area contributed by atoms with Gasteiger partial charge >= 0.3 is 0 Å². The van der Waals surface area contributed by atoms with E-state index in [4.69, 9.17) is 10.7 Å². The van der Waals surface area contributed by atoms with E-state index < -0.39 is 5.91 Å². The van der Waals surface area contributed by atoms with Gasteiger partial charge in [0.2, 0.25) is 5.91 Å². The second-order valence-electron chi connectivity index (χ2n) is 10.9. The third kappa shape index (κ3) is 7.43. The van der Waals surface area contributed by atoms with Gasteiger partial charge in [-0.3, -0.25) is 9.59 Å². The van der Waals surface area contributed by atoms with E-state index in [-0.39, 0.29) is 11.9 Å². The SMILES string of the molecule is C#C.CN(C)C/C=C/C(N)=O.Cn1c(-c2cc3cccnc3n2CC2CC2)nc2cc(C(=O)N[C@H]3CCNC3)ccc21. The van der Waals surface area contributed by atoms with Crippen molar-refractivity contribution in [3.05, 3.63) is 60.3 Å². The molecule has 1 aliphatic heterocycles. The fourth-order valence-electron chi connectivity index (χ4n) is 5.01. The molecule has 10 nitrogen and oxygen atoms in total. The van der Waals surface area contributed by atoms with Gasteiger partial charge in [0.05, 0.1) is 16.7 Å². The molecule has 1 aromatic carbocycles. The van der Waals surface area contributed by atoms with Crippen LogP contribution in [-0.4, -0.2) is 75.6 Å². The Labute approximate surface area is 247 Å². The van der Waals surface area contributed by atoms with E-state index in [1.807, 2.05) is 56.5 Å². The van der Waals surface area contributed by atoms with E-state index in [2.05, 4.69) is 49.7 Å². The molecular weight excluding hydrogens is 528 g/mol. The lowest BCUT2D eigenvalue weighted by Gasteiger charge is -2.11. The topological polar surface area (TPSA) is 123 Å². The number of primary amides is 1. The van der Waals surface area contributed by atoms with Gasteiger partial charge in [0.1, 0.15) is 5.65 Å². The number of hydrogen-bond donors (Lipinski definition) is 3. The summed E-state index contributed by atoms with van der Waals surface area (Å²) in [5.74, 6) is 1.21. The fourth-order valence-corrected chi connectivity index (χ4v) is 5.01. The van der Waals surface area contributed by atoms with Crippen LogP contribution in [0.3, 0.4) is 0 Å². The molecule has 4 N–H and O–H groups in total. The summed E-state index contributed by atoms with van der Waals surface area (Å²) >= 11 is 0. The van der Waals surface area contributed by atoms with Gasteiger partial charge in [0, 0.05) is 49.9 Å². The van der Waals surface area contributed by atoms with Crippen molar-refractivity contribution in [1.29, 1.82) is 0 Å². The zero-order valence-electron chi connectivity index (χ0n) is 24.6. The Bertz CT molecular complexity index is 1590. The van der Waals surface area contributed by atoms with Crippen molar-refractivity contribution in [1.82, 2.24) is 34.6 Å². The fraction of sp³-hybridized carbons (Fsp3) is 0.375. The van der Waals surface area contributed by atoms with Crippen molar-refractivity contribution >= 4 is 33.9 Å². The molecule has 2 amide bonds. The first-order chi connectivity index (χ1) is 20.3. The number of nitrogens with one attached hydrogen (secondary N) is 2. The van der Waals surface area contributed by atoms with Gasteiger partial charge < -0.3 is 30.4 Å². The molecule has 6 rings (SSSR count). The van der Waals surface area contributed by atoms with Gasteiger partial charge in [0.15, 0.2) is 5.82 Å². The summed E-state index contributed by atoms with van der Waals surface area (Å²) in [6.07, 6.45) is 16.5. The van der Waals surface area contributed by atoms with Crippen LogP contribution in [-0.2, 0) is 18.4 Å². The predicted molar refractivity (Wildman–Crippen MR) is 168 cm³/mol. The minimum absolute atomic E-state index is 0.0325. The smallest absolute Gasteiger partial charge is 0.251 e. The van der Waals surface area contributed by atoms with Crippen LogP contribution >= 0.6 is 0 Å². The Balaban J connectivity index is 0.000000319. The third-order valence-electron chi connectivity index (χ3n) is 7.31. The van der Waals surface area contributed by atoms with Crippen molar-refractivity contribution in [2.75, 3.05) is 33.7 Å². The van der Waals surface area contributed by atoms with Crippen LogP contribution in [0.1, 0.15) is 29.6 Å². The number of rotatable bonds is 8. The highest BCUT2D eigenvalue weighted by Crippen LogP contribution is 2.35. The number of nitrogens with two attached hydrogens (primary N) is 1. The van der Waals surface area contributed by atoms with Crippen LogP contribution in [0.4, 0.5) is 0 Å². The van der Waals surface area contributed by atoms with E-state index in [1.165, 1.54) is 18.9 Å². The molecule has 4 heterocycles. The molecule has 0 radical (unpaired) electrons. The number of aromatic nitrogens is 4. The first-order valence-electron chi connectivity index (χ1n) is 14.2. The van der Waals surface area contributed by atoms with Crippen LogP contribution in [0.2, 0.25) is 0 Å². The third-order valence-corrected chi connectivity index (χ3v) is 7.31. The Kier molecular flexibility index (Phi) is 10.1. The zero-order valence-corrected chi connectivity index (χ0v) is 24.6. The number of hydrogen-bond acceptors (Lipinski definition) is 6. The van der Waals surface area contributed by atoms with Crippen molar-refractivity contribution in [2.45, 2.75) is 31.8 Å². The molecule has 0 unspecified atom stereocenters. The molecule has 0 bridgehead atoms. The summed E-state index contributed by atoms with van der Waals surface area (Å²) in [6.45, 7) is 3.52. The first-order valence-corrected chi connectivity index (χ1v) is 14.2. The summed E-state index contributed by atoms with van der Waals surface area (Å²) in [4.78, 5) is 34.4. The molecule has 220 valence electrons. The molecule has 3 aromatic heterocycles. The highest BCUT2D eigenvalue weighted by Gasteiger charge is 2.26. The number of nitrogens with zero attached hydrogens (tertiary/aromatic N) is 5. The number of aryl methyl sites for hydroxylation is 1. The van der Waals surface area contributed by atoms with Gasteiger partial charge in [-0.1, -0.05) is 6.08 Å². The molecule has 10 heteroatoms. The second-order valence-corrected chi connectivity index (χ2v) is 10.9. The first kappa shape index (κ1) is 30.5. The summed E-state index contributed by atoms with van der Waals surface area (Å²) in [5, 5.41) is 7.54. The molecular formula is C32H40N8O2. The Morgan fingerprint density at radius 2 is 1.98 bits per heavy atom. The van der Waals surface area contributed by atoms with E-state index in [9.17, 15) is 9.59 Å². The van der Waals surface area contributed by atoms with E-state index in [0.717, 1.165) is 72.1 Å². The molecule has 42 heavy (non-hydrogen) atoms. The number of terminal acetylenes is 1. The monoisotopic (exact) mass is 568 g/mol. The van der Waals surface area contributed by atoms with Gasteiger partial charge in [-0.05, 0) is 88.3 Å². The van der Waals surface area contributed by atoms with Crippen molar-refractivity contribution in [3.8, 4) is 24.4 Å². The lowest BCUT2D eigenvalue weighted by molar-refractivity contribution is -0.113. The number of likely N-dealkylation sites (N-methyl/N-ethyl adjacent to an activating group) is 1. The molecule has 2 fully saturated rings. The number of carbonyl (C=O) groups excluding carboxylic acids is 2. The summed E-state index contributed by atoms with van der Waals surface area (Å²) in [5.41, 5.74) is 9.45. The number of benzene rings is 1. The van der Waals surface area contributed by atoms with Crippen molar-refractivity contribution in [2.24, 2.45) is 18.7 Å². The number of amides is 2. The number of carbonyl (C=O) groups is 2. The Morgan fingerprint density at radius 1 is 1.19 bits per heavy atom. The van der Waals surface area contributed by atoms with Crippen LogP contribution in [0.5, 0.6) is 0 Å². The van der Waals surface area contributed by atoms with E-state index >= 15 is 0 Å². The van der Waals surface area contributed by atoms with E-state index in [0.29, 0.717) is 5.56 Å². The largest absolute Gasteiger partial charge is 0.366 e. The number of pyridine rings is 1. The van der Waals surface area contributed by atoms with Crippen molar-refractivity contribution in [3.63, 3.8) is 0 Å². The maximum Gasteiger partial charge on any atom is 0.251 e. The maximum atomic E-state index is 12.7. The minimum atomic E-state index is -0.392. The molecule has 1 saturated carbocycles. The molecule has 1 atom stereocenters. The van der Waals surface area contributed by atoms with Gasteiger partial charge in [-0.15, -0.1) is 12.8 Å². The minimum Gasteiger partial charge on any atom is -0.366 e. The molecule has 0 spiro atoms. The number of imidazole rings is 1. The average Bonchev–Trinajstić information content (AvgIpc) is 3.35. The quantitative estimate of drug-likeness (QED) is 0.222. The number of fused-ring (bicyclic) bond motifs is 2. The normalized spacial score (nSPS) is 16.3. The van der Waals surface area contributed by atoms with Crippen LogP contribution in [0.25, 0.3) is 33.6 Å². The zero-order chi connectivity index (χ0) is 30.2. The van der Waals surface area contributed by atoms with Crippen LogP contribution in [0, 0.1) is 18.8 Å². The lowest BCUT2D eigenvalue weighted by Crippen LogP contribution is -2.36. The molecule has 2 aliphatic rings. The summed E-state index contributed by atoms with van der Waals surface area (Å²) in [6, 6.07) is 12.3. The van der Waals surface area contributed by atoms with E-state index in [1.54, 1.807) is 6.08 Å². The Morgan fingerprint density at radius 3 is 2.64 bits per heavy atom. The maximum absolute atomic E-state index is 12.7. The van der Waals surface area contributed by atoms with Crippen molar-refractivity contribution < 1.29 is 9.59 Å². The molecule has 4 aromatic rings. The molecule has 1 saturated heterocycles.